The van der Waals surface area contributed by atoms with Crippen LogP contribution in [-0.4, -0.2) is 45.1 Å². The van der Waals surface area contributed by atoms with Crippen molar-refractivity contribution < 1.29 is 9.53 Å². The Kier molecular flexibility index (Phi) is 4.72. The lowest BCUT2D eigenvalue weighted by Gasteiger charge is -2.30. The number of anilines is 1. The molecule has 0 aliphatic carbocycles. The van der Waals surface area contributed by atoms with Crippen LogP contribution in [0.1, 0.15) is 36.5 Å². The maximum absolute atomic E-state index is 12.3. The number of carbonyl (C=O) groups is 1. The zero-order valence-electron chi connectivity index (χ0n) is 13.3. The van der Waals surface area contributed by atoms with Gasteiger partial charge in [-0.15, -0.1) is 0 Å². The molecule has 0 aromatic heterocycles. The maximum atomic E-state index is 12.3. The van der Waals surface area contributed by atoms with Gasteiger partial charge in [0.1, 0.15) is 0 Å². The summed E-state index contributed by atoms with van der Waals surface area (Å²) in [4.78, 5) is 16.0. The minimum absolute atomic E-state index is 0.211. The molecule has 0 atom stereocenters. The normalized spacial score (nSPS) is 18.3. The number of carbonyl (C=O) groups excluding carboxylic acids is 1. The molecule has 5 heteroatoms. The lowest BCUT2D eigenvalue weighted by atomic mass is 9.93. The fraction of sp³-hybridized carbons (Fsp3) is 0.588. The van der Waals surface area contributed by atoms with Gasteiger partial charge in [0.2, 0.25) is 0 Å². The smallest absolute Gasteiger partial charge is 0.414 e. The Morgan fingerprint density at radius 2 is 1.86 bits per heavy atom. The molecule has 22 heavy (non-hydrogen) atoms. The molecular weight excluding hydrogens is 275 g/mol. The van der Waals surface area contributed by atoms with Gasteiger partial charge in [0.25, 0.3) is 0 Å². The summed E-state index contributed by atoms with van der Waals surface area (Å²) >= 11 is 0. The molecule has 0 bridgehead atoms. The van der Waals surface area contributed by atoms with Crippen LogP contribution >= 0.6 is 0 Å². The Bertz CT molecular complexity index is 562. The molecule has 0 saturated carbocycles. The molecule has 2 radical (unpaired) electrons. The number of nitrogens with zero attached hydrogens (tertiary/aromatic N) is 2. The molecule has 1 aromatic rings. The molecule has 2 aliphatic heterocycles. The van der Waals surface area contributed by atoms with Crippen molar-refractivity contribution in [2.24, 2.45) is 0 Å². The zero-order chi connectivity index (χ0) is 15.5. The van der Waals surface area contributed by atoms with Gasteiger partial charge < -0.3 is 9.55 Å². The predicted octanol–water partition coefficient (Wildman–Crippen LogP) is 2.47. The first-order valence-corrected chi connectivity index (χ1v) is 8.27. The number of aryl methyl sites for hydroxylation is 1. The molecule has 0 N–H and O–H groups in total. The second-order valence-corrected chi connectivity index (χ2v) is 6.16. The van der Waals surface area contributed by atoms with Gasteiger partial charge >= 0.3 is 6.09 Å². The van der Waals surface area contributed by atoms with Crippen LogP contribution in [0.4, 0.5) is 10.5 Å². The molecule has 2 aliphatic rings. The highest BCUT2D eigenvalue weighted by molar-refractivity contribution is 6.04. The van der Waals surface area contributed by atoms with Gasteiger partial charge in [0.05, 0.1) is 12.3 Å². The van der Waals surface area contributed by atoms with E-state index in [0.717, 1.165) is 57.4 Å². The molecule has 116 valence electrons. The Labute approximate surface area is 133 Å². The summed E-state index contributed by atoms with van der Waals surface area (Å²) in [5, 5.41) is 0. The third kappa shape index (κ3) is 3.14. The minimum atomic E-state index is -0.211. The van der Waals surface area contributed by atoms with E-state index in [9.17, 15) is 4.79 Å². The van der Waals surface area contributed by atoms with Crippen molar-refractivity contribution in [1.82, 2.24) is 4.81 Å². The van der Waals surface area contributed by atoms with Crippen molar-refractivity contribution in [3.05, 3.63) is 28.8 Å². The van der Waals surface area contributed by atoms with Crippen LogP contribution in [0.5, 0.6) is 0 Å². The zero-order valence-corrected chi connectivity index (χ0v) is 13.3. The van der Waals surface area contributed by atoms with E-state index in [-0.39, 0.29) is 6.09 Å². The second-order valence-electron chi connectivity index (χ2n) is 6.16. The van der Waals surface area contributed by atoms with Crippen molar-refractivity contribution >= 4 is 19.8 Å². The Balaban J connectivity index is 1.88. The highest BCUT2D eigenvalue weighted by Crippen LogP contribution is 2.32. The first kappa shape index (κ1) is 15.4. The lowest BCUT2D eigenvalue weighted by molar-refractivity contribution is 0.153. The molecule has 0 saturated heterocycles. The summed E-state index contributed by atoms with van der Waals surface area (Å²) < 4.78 is 5.33. The summed E-state index contributed by atoms with van der Waals surface area (Å²) in [6.45, 7) is 5.01. The molecular formula is C17H23BN2O2. The summed E-state index contributed by atoms with van der Waals surface area (Å²) in [5.41, 5.74) is 5.01. The first-order valence-electron chi connectivity index (χ1n) is 8.27. The molecule has 3 rings (SSSR count). The van der Waals surface area contributed by atoms with Gasteiger partial charge in [-0.3, -0.25) is 4.90 Å². The standard InChI is InChI=1S/C17H23BN2O2/c1-2-10-22-17(21)20-7-3-4-15-11-13-5-8-19(18)9-6-14(13)12-16(15)20/h11-12H,2-10H2,1H3. The highest BCUT2D eigenvalue weighted by Gasteiger charge is 2.25. The molecule has 0 unspecified atom stereocenters. The predicted molar refractivity (Wildman–Crippen MR) is 88.5 cm³/mol. The Morgan fingerprint density at radius 1 is 1.14 bits per heavy atom. The third-order valence-electron chi connectivity index (χ3n) is 4.51. The van der Waals surface area contributed by atoms with E-state index in [4.69, 9.17) is 12.7 Å². The number of hydrogen-bond donors (Lipinski definition) is 0. The quantitative estimate of drug-likeness (QED) is 0.786. The summed E-state index contributed by atoms with van der Waals surface area (Å²) in [5.74, 6) is 0. The summed E-state index contributed by atoms with van der Waals surface area (Å²) in [7, 11) is 5.95. The van der Waals surface area contributed by atoms with E-state index in [1.54, 1.807) is 4.90 Å². The van der Waals surface area contributed by atoms with Gasteiger partial charge in [-0.1, -0.05) is 13.0 Å². The monoisotopic (exact) mass is 298 g/mol. The van der Waals surface area contributed by atoms with Crippen LogP contribution < -0.4 is 4.90 Å². The van der Waals surface area contributed by atoms with E-state index in [1.165, 1.54) is 16.7 Å². The number of fused-ring (bicyclic) bond motifs is 2. The SMILES string of the molecule is [B]N1CCc2cc3c(cc2CC1)N(C(=O)OCCC)CCC3. The number of hydrogen-bond acceptors (Lipinski definition) is 3. The molecule has 2 heterocycles. The molecule has 1 amide bonds. The van der Waals surface area contributed by atoms with Crippen LogP contribution in [0.15, 0.2) is 12.1 Å². The van der Waals surface area contributed by atoms with Crippen LogP contribution in [0.25, 0.3) is 0 Å². The Hall–Kier alpha value is -1.49. The number of ether oxygens (including phenoxy) is 1. The Morgan fingerprint density at radius 3 is 2.59 bits per heavy atom. The van der Waals surface area contributed by atoms with Crippen molar-refractivity contribution in [2.75, 3.05) is 31.1 Å². The number of amides is 1. The first-order chi connectivity index (χ1) is 10.7. The van der Waals surface area contributed by atoms with E-state index < -0.39 is 0 Å². The van der Waals surface area contributed by atoms with Gasteiger partial charge in [0.15, 0.2) is 7.98 Å². The number of rotatable bonds is 2. The summed E-state index contributed by atoms with van der Waals surface area (Å²) in [6, 6.07) is 4.47. The second kappa shape index (κ2) is 6.74. The summed E-state index contributed by atoms with van der Waals surface area (Å²) in [6.07, 6.45) is 4.60. The average molecular weight is 298 g/mol. The minimum Gasteiger partial charge on any atom is -0.449 e. The van der Waals surface area contributed by atoms with Crippen molar-refractivity contribution in [3.8, 4) is 0 Å². The topological polar surface area (TPSA) is 32.8 Å². The van der Waals surface area contributed by atoms with Gasteiger partial charge in [0, 0.05) is 6.54 Å². The maximum Gasteiger partial charge on any atom is 0.414 e. The van der Waals surface area contributed by atoms with E-state index >= 15 is 0 Å². The van der Waals surface area contributed by atoms with Gasteiger partial charge in [-0.05, 0) is 68.0 Å². The van der Waals surface area contributed by atoms with Crippen LogP contribution in [0.3, 0.4) is 0 Å². The van der Waals surface area contributed by atoms with Gasteiger partial charge in [-0.2, -0.15) is 0 Å². The van der Waals surface area contributed by atoms with E-state index in [1.807, 2.05) is 11.7 Å². The van der Waals surface area contributed by atoms with E-state index in [2.05, 4.69) is 12.1 Å². The van der Waals surface area contributed by atoms with Crippen molar-refractivity contribution in [2.45, 2.75) is 39.0 Å². The molecule has 0 fully saturated rings. The molecule has 0 spiro atoms. The van der Waals surface area contributed by atoms with Crippen LogP contribution in [0, 0.1) is 0 Å². The highest BCUT2D eigenvalue weighted by atomic mass is 16.6. The van der Waals surface area contributed by atoms with Crippen LogP contribution in [0.2, 0.25) is 0 Å². The van der Waals surface area contributed by atoms with Gasteiger partial charge in [-0.25, -0.2) is 4.79 Å². The fourth-order valence-corrected chi connectivity index (χ4v) is 3.29. The molecule has 4 nitrogen and oxygen atoms in total. The largest absolute Gasteiger partial charge is 0.449 e. The van der Waals surface area contributed by atoms with Crippen molar-refractivity contribution in [1.29, 1.82) is 0 Å². The van der Waals surface area contributed by atoms with Crippen molar-refractivity contribution in [3.63, 3.8) is 0 Å². The third-order valence-corrected chi connectivity index (χ3v) is 4.51. The van der Waals surface area contributed by atoms with Crippen LogP contribution in [-0.2, 0) is 24.0 Å². The average Bonchev–Trinajstić information content (AvgIpc) is 2.72. The lowest BCUT2D eigenvalue weighted by Crippen LogP contribution is -2.36. The number of benzene rings is 1. The van der Waals surface area contributed by atoms with E-state index in [0.29, 0.717) is 6.61 Å². The fourth-order valence-electron chi connectivity index (χ4n) is 3.29. The molecule has 1 aromatic carbocycles.